The maximum Gasteiger partial charge on any atom is 0.276 e. The monoisotopic (exact) mass is 286 g/mol. The van der Waals surface area contributed by atoms with Crippen LogP contribution >= 0.6 is 0 Å². The van der Waals surface area contributed by atoms with E-state index in [0.717, 1.165) is 18.4 Å². The van der Waals surface area contributed by atoms with Crippen LogP contribution in [0.2, 0.25) is 0 Å². The van der Waals surface area contributed by atoms with E-state index >= 15 is 0 Å². The molecule has 2 aromatic heterocycles. The quantitative estimate of drug-likeness (QED) is 0.891. The van der Waals surface area contributed by atoms with Crippen molar-refractivity contribution in [3.8, 4) is 0 Å². The number of aryl methyl sites for hydroxylation is 1. The van der Waals surface area contributed by atoms with Crippen LogP contribution in [0.5, 0.6) is 0 Å². The average Bonchev–Trinajstić information content (AvgIpc) is 2.94. The highest BCUT2D eigenvalue weighted by Crippen LogP contribution is 2.23. The first-order valence-corrected chi connectivity index (χ1v) is 7.01. The van der Waals surface area contributed by atoms with Crippen molar-refractivity contribution in [1.82, 2.24) is 24.6 Å². The first-order valence-electron chi connectivity index (χ1n) is 7.01. The molecule has 0 spiro atoms. The van der Waals surface area contributed by atoms with Gasteiger partial charge in [0.25, 0.3) is 5.91 Å². The molecule has 0 unspecified atom stereocenters. The number of hydrogen-bond acceptors (Lipinski definition) is 5. The van der Waals surface area contributed by atoms with Crippen LogP contribution in [0.4, 0.5) is 5.82 Å². The number of nitrogens with zero attached hydrogens (tertiary/aromatic N) is 5. The number of amides is 1. The van der Waals surface area contributed by atoms with Gasteiger partial charge in [-0.25, -0.2) is 9.97 Å². The molecule has 3 heterocycles. The molecule has 1 atom stereocenters. The summed E-state index contributed by atoms with van der Waals surface area (Å²) >= 11 is 0. The van der Waals surface area contributed by atoms with Crippen molar-refractivity contribution >= 4 is 11.7 Å². The van der Waals surface area contributed by atoms with Gasteiger partial charge in [-0.15, -0.1) is 0 Å². The van der Waals surface area contributed by atoms with Gasteiger partial charge in [-0.3, -0.25) is 9.48 Å². The Bertz CT molecular complexity index is 652. The minimum atomic E-state index is -0.158. The zero-order chi connectivity index (χ0) is 14.8. The number of nitrogens with two attached hydrogens (primary N) is 1. The number of aromatic nitrogens is 4. The fraction of sp³-hybridized carbons (Fsp3) is 0.429. The second kappa shape index (κ2) is 5.51. The number of hydrogen-bond donors (Lipinski definition) is 1. The predicted octanol–water partition coefficient (Wildman–Crippen LogP) is 1.04. The zero-order valence-corrected chi connectivity index (χ0v) is 11.9. The largest absolute Gasteiger partial charge is 0.382 e. The van der Waals surface area contributed by atoms with Crippen molar-refractivity contribution < 1.29 is 4.79 Å². The number of anilines is 1. The summed E-state index contributed by atoms with van der Waals surface area (Å²) in [6.45, 7) is 3.34. The Morgan fingerprint density at radius 2 is 2.19 bits per heavy atom. The smallest absolute Gasteiger partial charge is 0.276 e. The average molecular weight is 286 g/mol. The first-order chi connectivity index (χ1) is 10.1. The van der Waals surface area contributed by atoms with E-state index in [1.165, 1.54) is 12.4 Å². The van der Waals surface area contributed by atoms with E-state index in [2.05, 4.69) is 15.1 Å². The Hall–Kier alpha value is -2.44. The molecule has 1 aliphatic rings. The fourth-order valence-electron chi connectivity index (χ4n) is 2.65. The van der Waals surface area contributed by atoms with E-state index < -0.39 is 0 Å². The van der Waals surface area contributed by atoms with E-state index in [-0.39, 0.29) is 23.5 Å². The van der Waals surface area contributed by atoms with Crippen molar-refractivity contribution in [2.45, 2.75) is 25.8 Å². The number of likely N-dealkylation sites (tertiary alicyclic amines) is 1. The van der Waals surface area contributed by atoms with Gasteiger partial charge >= 0.3 is 0 Å². The van der Waals surface area contributed by atoms with Gasteiger partial charge in [0.05, 0.1) is 12.2 Å². The van der Waals surface area contributed by atoms with Gasteiger partial charge in [0.15, 0.2) is 11.5 Å². The third kappa shape index (κ3) is 2.72. The Morgan fingerprint density at radius 3 is 2.90 bits per heavy atom. The number of rotatable bonds is 2. The summed E-state index contributed by atoms with van der Waals surface area (Å²) in [6.07, 6.45) is 8.77. The van der Waals surface area contributed by atoms with E-state index in [9.17, 15) is 4.79 Å². The Kier molecular flexibility index (Phi) is 3.55. The highest BCUT2D eigenvalue weighted by Gasteiger charge is 2.27. The molecule has 110 valence electrons. The number of carbonyl (C=O) groups is 1. The van der Waals surface area contributed by atoms with Gasteiger partial charge < -0.3 is 10.6 Å². The Balaban J connectivity index is 1.77. The standard InChI is InChI=1S/C14H18N6O/c1-10-7-18-20(8-10)11-3-2-6-19(9-11)14(21)12-13(15)17-5-4-16-12/h4-5,7-8,11H,2-3,6,9H2,1H3,(H2,15,17)/t11-/m1/s1. The van der Waals surface area contributed by atoms with Crippen LogP contribution in [0.1, 0.15) is 34.9 Å². The summed E-state index contributed by atoms with van der Waals surface area (Å²) in [4.78, 5) is 22.3. The first kappa shape index (κ1) is 13.5. The van der Waals surface area contributed by atoms with E-state index in [1.54, 1.807) is 4.90 Å². The van der Waals surface area contributed by atoms with Gasteiger partial charge in [-0.1, -0.05) is 0 Å². The molecule has 1 saturated heterocycles. The van der Waals surface area contributed by atoms with Gasteiger partial charge in [0, 0.05) is 31.7 Å². The molecule has 0 radical (unpaired) electrons. The molecular weight excluding hydrogens is 268 g/mol. The van der Waals surface area contributed by atoms with Crippen LogP contribution in [0.3, 0.4) is 0 Å². The molecule has 2 aromatic rings. The number of piperidine rings is 1. The minimum Gasteiger partial charge on any atom is -0.382 e. The summed E-state index contributed by atoms with van der Waals surface area (Å²) in [6, 6.07) is 0.203. The number of carbonyl (C=O) groups excluding carboxylic acids is 1. The summed E-state index contributed by atoms with van der Waals surface area (Å²) in [5.41, 5.74) is 7.09. The summed E-state index contributed by atoms with van der Waals surface area (Å²) in [5, 5.41) is 4.35. The Morgan fingerprint density at radius 1 is 1.38 bits per heavy atom. The van der Waals surface area contributed by atoms with Crippen LogP contribution in [-0.2, 0) is 0 Å². The van der Waals surface area contributed by atoms with Gasteiger partial charge in [-0.2, -0.15) is 5.10 Å². The van der Waals surface area contributed by atoms with Gasteiger partial charge in [0.2, 0.25) is 0 Å². The summed E-state index contributed by atoms with van der Waals surface area (Å²) in [5.74, 6) is 0.0220. The molecular formula is C14H18N6O. The third-order valence-corrected chi connectivity index (χ3v) is 3.72. The zero-order valence-electron chi connectivity index (χ0n) is 11.9. The van der Waals surface area contributed by atoms with Crippen LogP contribution in [0.25, 0.3) is 0 Å². The maximum atomic E-state index is 12.5. The lowest BCUT2D eigenvalue weighted by Gasteiger charge is -2.32. The normalized spacial score (nSPS) is 18.7. The van der Waals surface area contributed by atoms with Gasteiger partial charge in [-0.05, 0) is 25.3 Å². The maximum absolute atomic E-state index is 12.5. The minimum absolute atomic E-state index is 0.158. The molecule has 2 N–H and O–H groups in total. The fourth-order valence-corrected chi connectivity index (χ4v) is 2.65. The van der Waals surface area contributed by atoms with Crippen LogP contribution in [0, 0.1) is 6.92 Å². The van der Waals surface area contributed by atoms with Crippen molar-refractivity contribution in [2.75, 3.05) is 18.8 Å². The van der Waals surface area contributed by atoms with Crippen LogP contribution in [-0.4, -0.2) is 43.6 Å². The molecule has 1 aliphatic heterocycles. The molecule has 1 amide bonds. The second-order valence-electron chi connectivity index (χ2n) is 5.34. The van der Waals surface area contributed by atoms with Crippen molar-refractivity contribution in [2.24, 2.45) is 0 Å². The van der Waals surface area contributed by atoms with Crippen molar-refractivity contribution in [3.05, 3.63) is 36.0 Å². The van der Waals surface area contributed by atoms with Crippen LogP contribution < -0.4 is 5.73 Å². The molecule has 0 saturated carbocycles. The van der Waals surface area contributed by atoms with E-state index in [0.29, 0.717) is 13.1 Å². The topological polar surface area (TPSA) is 89.9 Å². The summed E-state index contributed by atoms with van der Waals surface area (Å²) in [7, 11) is 0. The van der Waals surface area contributed by atoms with Crippen molar-refractivity contribution in [3.63, 3.8) is 0 Å². The van der Waals surface area contributed by atoms with Crippen LogP contribution in [0.15, 0.2) is 24.8 Å². The lowest BCUT2D eigenvalue weighted by Crippen LogP contribution is -2.41. The van der Waals surface area contributed by atoms with E-state index in [1.807, 2.05) is 24.0 Å². The molecule has 0 aliphatic carbocycles. The highest BCUT2D eigenvalue weighted by molar-refractivity contribution is 5.96. The lowest BCUT2D eigenvalue weighted by atomic mass is 10.1. The van der Waals surface area contributed by atoms with E-state index in [4.69, 9.17) is 5.73 Å². The second-order valence-corrected chi connectivity index (χ2v) is 5.34. The number of nitrogen functional groups attached to an aromatic ring is 1. The molecule has 0 bridgehead atoms. The van der Waals surface area contributed by atoms with Gasteiger partial charge in [0.1, 0.15) is 0 Å². The van der Waals surface area contributed by atoms with Crippen molar-refractivity contribution in [1.29, 1.82) is 0 Å². The molecule has 7 heteroatoms. The highest BCUT2D eigenvalue weighted by atomic mass is 16.2. The molecule has 21 heavy (non-hydrogen) atoms. The predicted molar refractivity (Wildman–Crippen MR) is 77.6 cm³/mol. The SMILES string of the molecule is Cc1cnn([C@@H]2CCCN(C(=O)c3nccnc3N)C2)c1. The Labute approximate surface area is 122 Å². The summed E-state index contributed by atoms with van der Waals surface area (Å²) < 4.78 is 1.94. The molecule has 1 fully saturated rings. The lowest BCUT2D eigenvalue weighted by molar-refractivity contribution is 0.0668. The molecule has 0 aromatic carbocycles. The third-order valence-electron chi connectivity index (χ3n) is 3.72. The molecule has 7 nitrogen and oxygen atoms in total. The molecule has 3 rings (SSSR count).